The van der Waals surface area contributed by atoms with Crippen LogP contribution in [0.4, 0.5) is 16.7 Å². The second kappa shape index (κ2) is 6.10. The number of rotatable bonds is 3. The summed E-state index contributed by atoms with van der Waals surface area (Å²) in [6.07, 6.45) is -1.27. The lowest BCUT2D eigenvalue weighted by Gasteiger charge is -2.10. The van der Waals surface area contributed by atoms with E-state index in [9.17, 15) is 4.79 Å². The number of nitrogens with two attached hydrogens (primary N) is 1. The summed E-state index contributed by atoms with van der Waals surface area (Å²) in [6.45, 7) is 0. The Labute approximate surface area is 131 Å². The van der Waals surface area contributed by atoms with Crippen LogP contribution >= 0.6 is 0 Å². The van der Waals surface area contributed by atoms with Gasteiger partial charge in [0.05, 0.1) is 0 Å². The summed E-state index contributed by atoms with van der Waals surface area (Å²) in [7, 11) is 0. The van der Waals surface area contributed by atoms with E-state index < -0.39 is 6.09 Å². The van der Waals surface area contributed by atoms with E-state index in [0.717, 1.165) is 16.7 Å². The molecular weight excluding hydrogens is 294 g/mol. The summed E-state index contributed by atoms with van der Waals surface area (Å²) < 4.78 is 0. The average Bonchev–Trinajstić information content (AvgIpc) is 2.54. The second-order valence-electron chi connectivity index (χ2n) is 4.68. The molecule has 23 heavy (non-hydrogen) atoms. The first kappa shape index (κ1) is 14.5. The summed E-state index contributed by atoms with van der Waals surface area (Å²) in [5, 5.41) is 10.9. The molecule has 0 aliphatic carbocycles. The Hall–Kier alpha value is -3.48. The van der Waals surface area contributed by atoms with Crippen LogP contribution < -0.4 is 11.1 Å². The van der Waals surface area contributed by atoms with E-state index in [1.807, 2.05) is 54.6 Å². The molecule has 1 heterocycles. The average molecular weight is 307 g/mol. The van der Waals surface area contributed by atoms with Gasteiger partial charge in [-0.05, 0) is 11.1 Å². The van der Waals surface area contributed by atoms with Crippen LogP contribution in [0, 0.1) is 0 Å². The molecule has 7 heteroatoms. The summed E-state index contributed by atoms with van der Waals surface area (Å²) >= 11 is 0. The van der Waals surface area contributed by atoms with Crippen molar-refractivity contribution >= 4 is 18.0 Å². The van der Waals surface area contributed by atoms with Gasteiger partial charge in [-0.25, -0.2) is 4.79 Å². The number of hydrogen-bond acceptors (Lipinski definition) is 5. The molecule has 0 saturated carbocycles. The smallest absolute Gasteiger partial charge is 0.411 e. The molecule has 0 unspecified atom stereocenters. The van der Waals surface area contributed by atoms with Gasteiger partial charge in [-0.2, -0.15) is 15.0 Å². The van der Waals surface area contributed by atoms with Crippen molar-refractivity contribution in [2.75, 3.05) is 11.1 Å². The Morgan fingerprint density at radius 2 is 1.57 bits per heavy atom. The Balaban J connectivity index is 2.13. The number of nitrogens with one attached hydrogen (secondary N) is 1. The van der Waals surface area contributed by atoms with Crippen LogP contribution in [0.1, 0.15) is 0 Å². The Morgan fingerprint density at radius 3 is 2.26 bits per heavy atom. The zero-order valence-electron chi connectivity index (χ0n) is 12.0. The molecule has 4 N–H and O–H groups in total. The van der Waals surface area contributed by atoms with E-state index in [0.29, 0.717) is 5.82 Å². The molecule has 3 rings (SSSR count). The SMILES string of the molecule is Nc1nc(NC(=O)O)nc(-c2ccccc2-c2ccccc2)n1. The van der Waals surface area contributed by atoms with E-state index in [2.05, 4.69) is 20.3 Å². The molecule has 0 aliphatic heterocycles. The molecule has 114 valence electrons. The Bertz CT molecular complexity index is 852. The van der Waals surface area contributed by atoms with Gasteiger partial charge in [0.15, 0.2) is 5.82 Å². The van der Waals surface area contributed by atoms with Crippen LogP contribution in [0.25, 0.3) is 22.5 Å². The maximum absolute atomic E-state index is 10.8. The predicted molar refractivity (Wildman–Crippen MR) is 86.8 cm³/mol. The van der Waals surface area contributed by atoms with Crippen LogP contribution in [-0.2, 0) is 0 Å². The zero-order valence-corrected chi connectivity index (χ0v) is 12.0. The first-order valence-electron chi connectivity index (χ1n) is 6.80. The molecule has 0 bridgehead atoms. The number of nitrogens with zero attached hydrogens (tertiary/aromatic N) is 3. The number of benzene rings is 2. The van der Waals surface area contributed by atoms with Crippen molar-refractivity contribution in [3.05, 3.63) is 54.6 Å². The van der Waals surface area contributed by atoms with Crippen molar-refractivity contribution < 1.29 is 9.90 Å². The number of carboxylic acid groups (broad SMARTS) is 1. The third-order valence-electron chi connectivity index (χ3n) is 3.12. The molecule has 7 nitrogen and oxygen atoms in total. The maximum atomic E-state index is 10.8. The first-order chi connectivity index (χ1) is 11.1. The Kier molecular flexibility index (Phi) is 3.84. The highest BCUT2D eigenvalue weighted by Crippen LogP contribution is 2.30. The van der Waals surface area contributed by atoms with E-state index in [1.54, 1.807) is 0 Å². The molecular formula is C16H13N5O2. The number of aromatic nitrogens is 3. The third kappa shape index (κ3) is 3.24. The van der Waals surface area contributed by atoms with Crippen molar-refractivity contribution in [3.63, 3.8) is 0 Å². The summed E-state index contributed by atoms with van der Waals surface area (Å²) in [5.41, 5.74) is 8.32. The number of anilines is 2. The topological polar surface area (TPSA) is 114 Å². The highest BCUT2D eigenvalue weighted by Gasteiger charge is 2.13. The van der Waals surface area contributed by atoms with E-state index in [1.165, 1.54) is 0 Å². The van der Waals surface area contributed by atoms with Gasteiger partial charge >= 0.3 is 6.09 Å². The normalized spacial score (nSPS) is 10.3. The van der Waals surface area contributed by atoms with E-state index in [4.69, 9.17) is 10.8 Å². The molecule has 2 aromatic carbocycles. The van der Waals surface area contributed by atoms with Gasteiger partial charge in [-0.3, -0.25) is 5.32 Å². The van der Waals surface area contributed by atoms with Crippen molar-refractivity contribution in [1.82, 2.24) is 15.0 Å². The number of amides is 1. The predicted octanol–water partition coefficient (Wildman–Crippen LogP) is 2.88. The lowest BCUT2D eigenvalue weighted by Crippen LogP contribution is -2.13. The molecule has 0 spiro atoms. The molecule has 0 radical (unpaired) electrons. The lowest BCUT2D eigenvalue weighted by atomic mass is 9.99. The quantitative estimate of drug-likeness (QED) is 0.685. The van der Waals surface area contributed by atoms with Crippen molar-refractivity contribution in [3.8, 4) is 22.5 Å². The van der Waals surface area contributed by atoms with Gasteiger partial charge in [-0.15, -0.1) is 0 Å². The fourth-order valence-corrected chi connectivity index (χ4v) is 2.21. The molecule has 0 fully saturated rings. The summed E-state index contributed by atoms with van der Waals surface area (Å²) in [5.74, 6) is 0.144. The van der Waals surface area contributed by atoms with Gasteiger partial charge < -0.3 is 10.8 Å². The van der Waals surface area contributed by atoms with E-state index in [-0.39, 0.29) is 11.9 Å². The highest BCUT2D eigenvalue weighted by atomic mass is 16.4. The molecule has 1 aromatic heterocycles. The van der Waals surface area contributed by atoms with Gasteiger partial charge in [0.1, 0.15) is 0 Å². The minimum absolute atomic E-state index is 0.0541. The van der Waals surface area contributed by atoms with Gasteiger partial charge in [0, 0.05) is 5.56 Å². The van der Waals surface area contributed by atoms with Crippen LogP contribution in [0.15, 0.2) is 54.6 Å². The Morgan fingerprint density at radius 1 is 0.913 bits per heavy atom. The maximum Gasteiger partial charge on any atom is 0.411 e. The van der Waals surface area contributed by atoms with Crippen molar-refractivity contribution in [1.29, 1.82) is 0 Å². The van der Waals surface area contributed by atoms with Gasteiger partial charge in [0.2, 0.25) is 11.9 Å². The fourth-order valence-electron chi connectivity index (χ4n) is 2.21. The van der Waals surface area contributed by atoms with Crippen LogP contribution in [-0.4, -0.2) is 26.2 Å². The molecule has 0 atom stereocenters. The molecule has 0 saturated heterocycles. The molecule has 3 aromatic rings. The fraction of sp³-hybridized carbons (Fsp3) is 0. The first-order valence-corrected chi connectivity index (χ1v) is 6.80. The minimum atomic E-state index is -1.27. The van der Waals surface area contributed by atoms with Crippen LogP contribution in [0.3, 0.4) is 0 Å². The van der Waals surface area contributed by atoms with Crippen LogP contribution in [0.2, 0.25) is 0 Å². The van der Waals surface area contributed by atoms with Crippen molar-refractivity contribution in [2.45, 2.75) is 0 Å². The largest absolute Gasteiger partial charge is 0.465 e. The number of nitrogen functional groups attached to an aromatic ring is 1. The second-order valence-corrected chi connectivity index (χ2v) is 4.68. The highest BCUT2D eigenvalue weighted by molar-refractivity contribution is 5.83. The number of hydrogen-bond donors (Lipinski definition) is 3. The van der Waals surface area contributed by atoms with Crippen LogP contribution in [0.5, 0.6) is 0 Å². The molecule has 0 aliphatic rings. The monoisotopic (exact) mass is 307 g/mol. The summed E-state index contributed by atoms with van der Waals surface area (Å²) in [4.78, 5) is 22.8. The standard InChI is InChI=1S/C16H13N5O2/c17-14-18-13(19-15(20-14)21-16(22)23)12-9-5-4-8-11(12)10-6-2-1-3-7-10/h1-9H,(H,22,23)(H3,17,18,19,20,21). The van der Waals surface area contributed by atoms with Gasteiger partial charge in [0.25, 0.3) is 0 Å². The molecule has 1 amide bonds. The summed E-state index contributed by atoms with van der Waals surface area (Å²) in [6, 6.07) is 17.3. The third-order valence-corrected chi connectivity index (χ3v) is 3.12. The van der Waals surface area contributed by atoms with Crippen molar-refractivity contribution in [2.24, 2.45) is 0 Å². The lowest BCUT2D eigenvalue weighted by molar-refractivity contribution is 0.209. The minimum Gasteiger partial charge on any atom is -0.465 e. The van der Waals surface area contributed by atoms with Gasteiger partial charge in [-0.1, -0.05) is 54.6 Å². The number of carbonyl (C=O) groups is 1. The van der Waals surface area contributed by atoms with E-state index >= 15 is 0 Å². The zero-order chi connectivity index (χ0) is 16.2.